The van der Waals surface area contributed by atoms with Crippen LogP contribution >= 0.6 is 0 Å². The largest absolute Gasteiger partial charge is 0.0683 e. The molecule has 0 spiro atoms. The Morgan fingerprint density at radius 3 is 0.800 bits per heavy atom. The molecule has 0 nitrogen and oxygen atoms in total. The summed E-state index contributed by atoms with van der Waals surface area (Å²) in [5.74, 6) is 0.361. The maximum atomic E-state index is 2.53. The fourth-order valence-electron chi connectivity index (χ4n) is 13.6. The molecule has 0 amide bonds. The molecule has 0 heteroatoms. The zero-order valence-electron chi connectivity index (χ0n) is 42.6. The molecule has 14 aromatic carbocycles. The van der Waals surface area contributed by atoms with E-state index in [4.69, 9.17) is 0 Å². The van der Waals surface area contributed by atoms with Gasteiger partial charge in [-0.25, -0.2) is 0 Å². The Morgan fingerprint density at radius 1 is 0.213 bits per heavy atom. The SMILES string of the molecule is CC.CC(C)c1ccc2c(-c3cccc4ccccc34)c3c(c(-c4cccc5ccccc45)c2c1)-c1ccc2c4c(ccc-3c14)-c1c-2c(-c2cccc3ccccc23)c2ccccc2c1-c1cccc2ccccc12. The van der Waals surface area contributed by atoms with Crippen LogP contribution in [0.3, 0.4) is 0 Å². The summed E-state index contributed by atoms with van der Waals surface area (Å²) >= 11 is 0. The molecule has 0 radical (unpaired) electrons. The van der Waals surface area contributed by atoms with Gasteiger partial charge in [-0.2, -0.15) is 0 Å². The van der Waals surface area contributed by atoms with Crippen molar-refractivity contribution in [3.63, 3.8) is 0 Å². The molecule has 2 aliphatic carbocycles. The van der Waals surface area contributed by atoms with Gasteiger partial charge in [-0.15, -0.1) is 0 Å². The van der Waals surface area contributed by atoms with Crippen molar-refractivity contribution >= 4 is 75.4 Å². The minimum Gasteiger partial charge on any atom is -0.0683 e. The molecule has 0 N–H and O–H groups in total. The third-order valence-electron chi connectivity index (χ3n) is 16.7. The highest BCUT2D eigenvalue weighted by Gasteiger charge is 2.38. The Bertz CT molecular complexity index is 4600. The fraction of sp³-hybridized carbons (Fsp3) is 0.0667. The highest BCUT2D eigenvalue weighted by molar-refractivity contribution is 6.37. The second-order valence-electron chi connectivity index (χ2n) is 20.7. The van der Waals surface area contributed by atoms with Crippen LogP contribution in [0, 0.1) is 0 Å². The van der Waals surface area contributed by atoms with Crippen LogP contribution in [0.1, 0.15) is 39.2 Å². The standard InChI is InChI=1S/C73H46.C2H6/c1-42(2)47-35-36-58-63(41-47)67(55-34-16-24-46-20-6-10-28-51(46)55)73-62-40-39-60-68-59(37-38-61(69(62)68)72(73)66(58)54-33-15-23-45-19-5-9-27-50(45)54)70-64(52-31-13-21-43-17-3-7-25-48(43)52)56-29-11-12-30-57(56)65(71(60)70)53-32-14-22-44-18-4-8-26-49(44)53;1-2/h3-42H,1-2H3;1-2H3. The summed E-state index contributed by atoms with van der Waals surface area (Å²) in [5.41, 5.74) is 22.2. The molecule has 0 saturated heterocycles. The van der Waals surface area contributed by atoms with Crippen molar-refractivity contribution in [3.05, 3.63) is 242 Å². The van der Waals surface area contributed by atoms with E-state index in [2.05, 4.69) is 250 Å². The van der Waals surface area contributed by atoms with Crippen LogP contribution in [-0.2, 0) is 0 Å². The van der Waals surface area contributed by atoms with E-state index in [9.17, 15) is 0 Å². The van der Waals surface area contributed by atoms with Gasteiger partial charge in [0.1, 0.15) is 0 Å². The van der Waals surface area contributed by atoms with Gasteiger partial charge in [-0.1, -0.05) is 264 Å². The molecule has 0 aromatic heterocycles. The third kappa shape index (κ3) is 6.12. The number of hydrogen-bond donors (Lipinski definition) is 0. The van der Waals surface area contributed by atoms with Crippen molar-refractivity contribution < 1.29 is 0 Å². The van der Waals surface area contributed by atoms with Crippen LogP contribution in [0.4, 0.5) is 0 Å². The smallest absolute Gasteiger partial charge is 0.000718 e. The maximum absolute atomic E-state index is 2.53. The third-order valence-corrected chi connectivity index (χ3v) is 16.7. The number of benzene rings is 14. The lowest BCUT2D eigenvalue weighted by atomic mass is 9.79. The second-order valence-corrected chi connectivity index (χ2v) is 20.7. The average Bonchev–Trinajstić information content (AvgIpc) is 4.21. The Labute approximate surface area is 437 Å². The van der Waals surface area contributed by atoms with Gasteiger partial charge in [0.25, 0.3) is 0 Å². The van der Waals surface area contributed by atoms with Crippen LogP contribution in [0.15, 0.2) is 237 Å². The molecule has 0 unspecified atom stereocenters. The van der Waals surface area contributed by atoms with E-state index in [1.165, 1.54) is 170 Å². The Hall–Kier alpha value is -9.10. The molecule has 75 heavy (non-hydrogen) atoms. The quantitative estimate of drug-likeness (QED) is 0.161. The molecule has 16 rings (SSSR count). The summed E-state index contributed by atoms with van der Waals surface area (Å²) in [7, 11) is 0. The zero-order valence-corrected chi connectivity index (χ0v) is 42.6. The average molecular weight is 953 g/mol. The van der Waals surface area contributed by atoms with Crippen LogP contribution in [0.25, 0.3) is 164 Å². The van der Waals surface area contributed by atoms with Crippen LogP contribution in [0.5, 0.6) is 0 Å². The molecule has 0 atom stereocenters. The first-order chi connectivity index (χ1) is 37.1. The predicted octanol–water partition coefficient (Wildman–Crippen LogP) is 21.9. The number of rotatable bonds is 5. The van der Waals surface area contributed by atoms with Gasteiger partial charge in [-0.3, -0.25) is 0 Å². The van der Waals surface area contributed by atoms with Crippen LogP contribution in [-0.4, -0.2) is 0 Å². The van der Waals surface area contributed by atoms with E-state index in [-0.39, 0.29) is 0 Å². The summed E-state index contributed by atoms with van der Waals surface area (Å²) < 4.78 is 0. The lowest BCUT2D eigenvalue weighted by Gasteiger charge is -2.23. The van der Waals surface area contributed by atoms with Gasteiger partial charge in [0.15, 0.2) is 0 Å². The molecule has 0 heterocycles. The van der Waals surface area contributed by atoms with Gasteiger partial charge < -0.3 is 0 Å². The fourth-order valence-corrected chi connectivity index (χ4v) is 13.6. The monoisotopic (exact) mass is 952 g/mol. The van der Waals surface area contributed by atoms with E-state index in [1.807, 2.05) is 13.8 Å². The van der Waals surface area contributed by atoms with Crippen molar-refractivity contribution in [2.75, 3.05) is 0 Å². The lowest BCUT2D eigenvalue weighted by Crippen LogP contribution is -1.97. The lowest BCUT2D eigenvalue weighted by molar-refractivity contribution is 0.869. The molecule has 2 aliphatic rings. The molecule has 352 valence electrons. The first kappa shape index (κ1) is 43.5. The Morgan fingerprint density at radius 2 is 0.480 bits per heavy atom. The molecule has 0 bridgehead atoms. The highest BCUT2D eigenvalue weighted by atomic mass is 14.4. The first-order valence-electron chi connectivity index (χ1n) is 26.9. The van der Waals surface area contributed by atoms with Crippen molar-refractivity contribution in [1.82, 2.24) is 0 Å². The van der Waals surface area contributed by atoms with Crippen molar-refractivity contribution in [1.29, 1.82) is 0 Å². The van der Waals surface area contributed by atoms with Crippen LogP contribution in [0.2, 0.25) is 0 Å². The van der Waals surface area contributed by atoms with Gasteiger partial charge in [0.05, 0.1) is 0 Å². The normalized spacial score (nSPS) is 12.1. The Balaban J connectivity index is 0.00000245. The summed E-state index contributed by atoms with van der Waals surface area (Å²) in [6, 6.07) is 89.9. The summed E-state index contributed by atoms with van der Waals surface area (Å²) in [5, 5.41) is 17.9. The van der Waals surface area contributed by atoms with Crippen molar-refractivity contribution in [2.45, 2.75) is 33.6 Å². The second kappa shape index (κ2) is 16.7. The van der Waals surface area contributed by atoms with Crippen molar-refractivity contribution in [3.8, 4) is 89.0 Å². The predicted molar refractivity (Wildman–Crippen MR) is 325 cm³/mol. The van der Waals surface area contributed by atoms with E-state index in [0.29, 0.717) is 5.92 Å². The van der Waals surface area contributed by atoms with E-state index < -0.39 is 0 Å². The van der Waals surface area contributed by atoms with Gasteiger partial charge in [0.2, 0.25) is 0 Å². The zero-order chi connectivity index (χ0) is 50.1. The minimum atomic E-state index is 0.361. The molecule has 14 aromatic rings. The van der Waals surface area contributed by atoms with Crippen LogP contribution < -0.4 is 0 Å². The molecule has 0 saturated carbocycles. The Kier molecular flexibility index (Phi) is 9.69. The summed E-state index contributed by atoms with van der Waals surface area (Å²) in [6.45, 7) is 8.65. The van der Waals surface area contributed by atoms with Gasteiger partial charge in [0, 0.05) is 0 Å². The molecular weight excluding hydrogens is 901 g/mol. The first-order valence-corrected chi connectivity index (χ1v) is 26.9. The maximum Gasteiger partial charge on any atom is -0.000718 e. The topological polar surface area (TPSA) is 0 Å². The number of hydrogen-bond acceptors (Lipinski definition) is 0. The van der Waals surface area contributed by atoms with E-state index in [0.717, 1.165) is 0 Å². The molecule has 0 fully saturated rings. The molecular formula is C75H52. The van der Waals surface area contributed by atoms with E-state index in [1.54, 1.807) is 0 Å². The summed E-state index contributed by atoms with van der Waals surface area (Å²) in [4.78, 5) is 0. The minimum absolute atomic E-state index is 0.361. The molecule has 0 aliphatic heterocycles. The summed E-state index contributed by atoms with van der Waals surface area (Å²) in [6.07, 6.45) is 0. The van der Waals surface area contributed by atoms with Gasteiger partial charge in [-0.05, 0) is 176 Å². The number of fused-ring (bicyclic) bond motifs is 12. The van der Waals surface area contributed by atoms with E-state index >= 15 is 0 Å². The highest BCUT2D eigenvalue weighted by Crippen LogP contribution is 2.65. The van der Waals surface area contributed by atoms with Crippen molar-refractivity contribution in [2.24, 2.45) is 0 Å². The van der Waals surface area contributed by atoms with Gasteiger partial charge >= 0.3 is 0 Å².